The minimum Gasteiger partial charge on any atom is -1.00 e. The molecule has 20 heavy (non-hydrogen) atoms. The molecule has 1 aromatic carbocycles. The van der Waals surface area contributed by atoms with Gasteiger partial charge in [-0.2, -0.15) is 0 Å². The van der Waals surface area contributed by atoms with Crippen LogP contribution < -0.4 is 22.6 Å². The molecule has 5 heteroatoms. The molecule has 0 aliphatic heterocycles. The van der Waals surface area contributed by atoms with Crippen LogP contribution in [0.1, 0.15) is 32.4 Å². The maximum Gasteiger partial charge on any atom is 0.407 e. The molecule has 1 aromatic rings. The van der Waals surface area contributed by atoms with E-state index in [0.717, 1.165) is 25.2 Å². The predicted molar refractivity (Wildman–Crippen MR) is 76.3 cm³/mol. The third-order valence-electron chi connectivity index (χ3n) is 3.32. The lowest BCUT2D eigenvalue weighted by atomic mass is 10.1. The van der Waals surface area contributed by atoms with Crippen LogP contribution in [-0.2, 0) is 4.74 Å². The number of rotatable bonds is 7. The first kappa shape index (κ1) is 18.7. The average Bonchev–Trinajstić information content (AvgIpc) is 2.44. The number of nitrogens with one attached hydrogen (secondary N) is 2. The second kappa shape index (κ2) is 10.5. The first-order chi connectivity index (χ1) is 9.17. The molecule has 0 saturated carbocycles. The summed E-state index contributed by atoms with van der Waals surface area (Å²) in [7, 11) is 0. The van der Waals surface area contributed by atoms with Crippen molar-refractivity contribution in [1.82, 2.24) is 5.32 Å². The van der Waals surface area contributed by atoms with Crippen molar-refractivity contribution < 1.29 is 26.8 Å². The lowest BCUT2D eigenvalue weighted by molar-refractivity contribution is -0.896. The van der Waals surface area contributed by atoms with Crippen molar-refractivity contribution in [2.75, 3.05) is 26.2 Å². The molecule has 0 spiro atoms. The standard InChI is InChI=1S/C15H24N2O2.ClH/c1-4-17(5-2)11-12-19-15(18)16-13(3)14-9-7-6-8-10-14;/h6-10,13H,4-5,11-12H2,1-3H3,(H,16,18);1H. The van der Waals surface area contributed by atoms with Gasteiger partial charge in [0.1, 0.15) is 13.2 Å². The van der Waals surface area contributed by atoms with Crippen molar-refractivity contribution in [2.24, 2.45) is 0 Å². The van der Waals surface area contributed by atoms with E-state index in [1.807, 2.05) is 37.3 Å². The van der Waals surface area contributed by atoms with Gasteiger partial charge >= 0.3 is 6.09 Å². The van der Waals surface area contributed by atoms with Crippen molar-refractivity contribution in [2.45, 2.75) is 26.8 Å². The Balaban J connectivity index is 0.00000361. The highest BCUT2D eigenvalue weighted by atomic mass is 35.5. The molecule has 1 amide bonds. The minimum atomic E-state index is -0.345. The van der Waals surface area contributed by atoms with E-state index in [-0.39, 0.29) is 24.5 Å². The van der Waals surface area contributed by atoms with E-state index in [4.69, 9.17) is 4.74 Å². The molecule has 1 atom stereocenters. The Morgan fingerprint density at radius 2 is 1.85 bits per heavy atom. The van der Waals surface area contributed by atoms with Crippen LogP contribution in [0.5, 0.6) is 0 Å². The predicted octanol–water partition coefficient (Wildman–Crippen LogP) is -1.60. The summed E-state index contributed by atoms with van der Waals surface area (Å²) in [6.45, 7) is 9.66. The highest BCUT2D eigenvalue weighted by molar-refractivity contribution is 5.67. The normalized spacial score (nSPS) is 11.6. The Morgan fingerprint density at radius 1 is 1.25 bits per heavy atom. The molecule has 1 rings (SSSR count). The average molecular weight is 301 g/mol. The number of alkyl carbamates (subject to hydrolysis) is 1. The van der Waals surface area contributed by atoms with Gasteiger partial charge in [0.25, 0.3) is 0 Å². The summed E-state index contributed by atoms with van der Waals surface area (Å²) in [5.74, 6) is 0. The lowest BCUT2D eigenvalue weighted by Gasteiger charge is -2.17. The van der Waals surface area contributed by atoms with Gasteiger partial charge in [0.05, 0.1) is 19.1 Å². The van der Waals surface area contributed by atoms with Gasteiger partial charge in [-0.05, 0) is 26.3 Å². The maximum absolute atomic E-state index is 11.6. The molecule has 0 bridgehead atoms. The van der Waals surface area contributed by atoms with Crippen LogP contribution in [0.3, 0.4) is 0 Å². The molecule has 0 fully saturated rings. The van der Waals surface area contributed by atoms with Crippen LogP contribution in [0.4, 0.5) is 4.79 Å². The highest BCUT2D eigenvalue weighted by Gasteiger charge is 2.10. The van der Waals surface area contributed by atoms with Crippen molar-refractivity contribution >= 4 is 6.09 Å². The number of halogens is 1. The molecule has 0 aromatic heterocycles. The lowest BCUT2D eigenvalue weighted by Crippen LogP contribution is -3.11. The summed E-state index contributed by atoms with van der Waals surface area (Å²) in [5.41, 5.74) is 1.08. The largest absolute Gasteiger partial charge is 1.00 e. The summed E-state index contributed by atoms with van der Waals surface area (Å²) in [5, 5.41) is 2.84. The van der Waals surface area contributed by atoms with Gasteiger partial charge in [-0.3, -0.25) is 0 Å². The van der Waals surface area contributed by atoms with Gasteiger partial charge in [-0.1, -0.05) is 30.3 Å². The maximum atomic E-state index is 11.6. The zero-order valence-corrected chi connectivity index (χ0v) is 13.2. The zero-order valence-electron chi connectivity index (χ0n) is 12.5. The fourth-order valence-corrected chi connectivity index (χ4v) is 1.94. The summed E-state index contributed by atoms with van der Waals surface area (Å²) >= 11 is 0. The fraction of sp³-hybridized carbons (Fsp3) is 0.533. The third-order valence-corrected chi connectivity index (χ3v) is 3.32. The van der Waals surface area contributed by atoms with Crippen molar-refractivity contribution in [3.63, 3.8) is 0 Å². The van der Waals surface area contributed by atoms with Crippen LogP contribution in [0.2, 0.25) is 0 Å². The number of benzene rings is 1. The summed E-state index contributed by atoms with van der Waals surface area (Å²) in [4.78, 5) is 13.1. The highest BCUT2D eigenvalue weighted by Crippen LogP contribution is 2.10. The quantitative estimate of drug-likeness (QED) is 0.637. The number of likely N-dealkylation sites (N-methyl/N-ethyl adjacent to an activating group) is 1. The second-order valence-electron chi connectivity index (χ2n) is 4.62. The number of amides is 1. The van der Waals surface area contributed by atoms with E-state index in [0.29, 0.717) is 6.61 Å². The van der Waals surface area contributed by atoms with Crippen molar-refractivity contribution in [3.8, 4) is 0 Å². The Labute approximate surface area is 127 Å². The van der Waals surface area contributed by atoms with E-state index < -0.39 is 0 Å². The molecule has 0 heterocycles. The Hall–Kier alpha value is -1.26. The number of quaternary nitrogens is 1. The molecular formula is C15H25ClN2O2. The summed E-state index contributed by atoms with van der Waals surface area (Å²) in [6.07, 6.45) is -0.345. The number of carbonyl (C=O) groups excluding carboxylic acids is 1. The Bertz CT molecular complexity index is 369. The molecule has 0 saturated heterocycles. The zero-order chi connectivity index (χ0) is 14.1. The summed E-state index contributed by atoms with van der Waals surface area (Å²) < 4.78 is 5.20. The van der Waals surface area contributed by atoms with E-state index in [2.05, 4.69) is 19.2 Å². The smallest absolute Gasteiger partial charge is 0.407 e. The molecular weight excluding hydrogens is 276 g/mol. The molecule has 1 unspecified atom stereocenters. The van der Waals surface area contributed by atoms with E-state index in [1.54, 1.807) is 0 Å². The second-order valence-corrected chi connectivity index (χ2v) is 4.62. The minimum absolute atomic E-state index is 0. The van der Waals surface area contributed by atoms with E-state index >= 15 is 0 Å². The van der Waals surface area contributed by atoms with Crippen LogP contribution in [-0.4, -0.2) is 32.3 Å². The number of hydrogen-bond donors (Lipinski definition) is 2. The first-order valence-corrected chi connectivity index (χ1v) is 6.99. The van der Waals surface area contributed by atoms with Crippen LogP contribution in [0.15, 0.2) is 30.3 Å². The summed E-state index contributed by atoms with van der Waals surface area (Å²) in [6, 6.07) is 9.83. The molecule has 114 valence electrons. The van der Waals surface area contributed by atoms with Gasteiger partial charge in [0.15, 0.2) is 0 Å². The van der Waals surface area contributed by atoms with Crippen molar-refractivity contribution in [1.29, 1.82) is 0 Å². The van der Waals surface area contributed by atoms with E-state index in [1.165, 1.54) is 4.90 Å². The Kier molecular flexibility index (Phi) is 9.86. The van der Waals surface area contributed by atoms with Gasteiger partial charge < -0.3 is 27.4 Å². The number of carbonyl (C=O) groups is 1. The van der Waals surface area contributed by atoms with Crippen molar-refractivity contribution in [3.05, 3.63) is 35.9 Å². The Morgan fingerprint density at radius 3 is 2.40 bits per heavy atom. The van der Waals surface area contributed by atoms with Crippen LogP contribution in [0, 0.1) is 0 Å². The molecule has 2 N–H and O–H groups in total. The molecule has 0 radical (unpaired) electrons. The van der Waals surface area contributed by atoms with Gasteiger partial charge in [-0.15, -0.1) is 0 Å². The van der Waals surface area contributed by atoms with Gasteiger partial charge in [-0.25, -0.2) is 4.79 Å². The van der Waals surface area contributed by atoms with Gasteiger partial charge in [0.2, 0.25) is 0 Å². The van der Waals surface area contributed by atoms with E-state index in [9.17, 15) is 4.79 Å². The topological polar surface area (TPSA) is 42.8 Å². The van der Waals surface area contributed by atoms with Gasteiger partial charge in [0, 0.05) is 0 Å². The van der Waals surface area contributed by atoms with Crippen LogP contribution >= 0.6 is 0 Å². The molecule has 0 aliphatic carbocycles. The third kappa shape index (κ3) is 6.78. The number of ether oxygens (including phenoxy) is 1. The monoisotopic (exact) mass is 300 g/mol. The first-order valence-electron chi connectivity index (χ1n) is 6.99. The molecule has 4 nitrogen and oxygen atoms in total. The SMILES string of the molecule is CC[NH+](CC)CCOC(=O)NC(C)c1ccccc1.[Cl-]. The molecule has 0 aliphatic rings. The number of hydrogen-bond acceptors (Lipinski definition) is 2. The fourth-order valence-electron chi connectivity index (χ4n) is 1.94. The van der Waals surface area contributed by atoms with Crippen LogP contribution in [0.25, 0.3) is 0 Å².